The lowest BCUT2D eigenvalue weighted by atomic mass is 10.1. The fraction of sp³-hybridized carbons (Fsp3) is 0.353. The van der Waals surface area contributed by atoms with Gasteiger partial charge in [-0.3, -0.25) is 9.69 Å². The Morgan fingerprint density at radius 1 is 1.44 bits per heavy atom. The van der Waals surface area contributed by atoms with Crippen molar-refractivity contribution in [2.24, 2.45) is 0 Å². The molecule has 0 spiro atoms. The summed E-state index contributed by atoms with van der Waals surface area (Å²) in [6.45, 7) is 3.48. The van der Waals surface area contributed by atoms with Gasteiger partial charge in [0.15, 0.2) is 0 Å². The molecule has 2 rings (SSSR count). The summed E-state index contributed by atoms with van der Waals surface area (Å²) in [5.41, 5.74) is -0.410. The highest BCUT2D eigenvalue weighted by Crippen LogP contribution is 2.22. The van der Waals surface area contributed by atoms with E-state index in [2.05, 4.69) is 5.32 Å². The summed E-state index contributed by atoms with van der Waals surface area (Å²) in [5.74, 6) is -1.97. The summed E-state index contributed by atoms with van der Waals surface area (Å²) in [7, 11) is 1.77. The average Bonchev–Trinajstić information content (AvgIpc) is 2.56. The number of nitrogens with zero attached hydrogens (tertiary/aromatic N) is 2. The second kappa shape index (κ2) is 7.89. The number of hydrogen-bond donors (Lipinski definition) is 2. The van der Waals surface area contributed by atoms with E-state index in [9.17, 15) is 18.8 Å². The van der Waals surface area contributed by atoms with Crippen LogP contribution in [-0.2, 0) is 11.3 Å². The molecular formula is C17H20FN3O4. The second-order valence-corrected chi connectivity index (χ2v) is 5.67. The molecule has 1 heterocycles. The number of carboxylic acids is 1. The molecule has 1 aromatic carbocycles. The predicted molar refractivity (Wildman–Crippen MR) is 92.9 cm³/mol. The highest BCUT2D eigenvalue weighted by Gasteiger charge is 2.16. The van der Waals surface area contributed by atoms with Crippen molar-refractivity contribution >= 4 is 28.8 Å². The number of fused-ring (bicyclic) bond motifs is 1. The molecule has 0 saturated heterocycles. The number of benzene rings is 1. The van der Waals surface area contributed by atoms with Gasteiger partial charge in [-0.25, -0.2) is 9.18 Å². The van der Waals surface area contributed by atoms with Crippen LogP contribution in [0.15, 0.2) is 23.1 Å². The van der Waals surface area contributed by atoms with E-state index in [-0.39, 0.29) is 23.2 Å². The van der Waals surface area contributed by atoms with Crippen LogP contribution in [0.25, 0.3) is 10.9 Å². The first-order valence-corrected chi connectivity index (χ1v) is 7.85. The number of nitrogens with one attached hydrogen (secondary N) is 1. The van der Waals surface area contributed by atoms with Crippen LogP contribution in [0.4, 0.5) is 10.1 Å². The van der Waals surface area contributed by atoms with E-state index in [4.69, 9.17) is 5.11 Å². The number of aldehydes is 1. The van der Waals surface area contributed by atoms with Crippen LogP contribution in [0.3, 0.4) is 0 Å². The zero-order valence-corrected chi connectivity index (χ0v) is 14.1. The Labute approximate surface area is 143 Å². The number of carbonyl (C=O) groups is 2. The topological polar surface area (TPSA) is 91.6 Å². The SMILES string of the molecule is CCn1cc(C(=O)O)c(=O)c2cc(F)c(NCCN(C)CC=O)cc21. The van der Waals surface area contributed by atoms with Crippen LogP contribution < -0.4 is 10.7 Å². The van der Waals surface area contributed by atoms with Gasteiger partial charge in [0, 0.05) is 31.2 Å². The van der Waals surface area contributed by atoms with Gasteiger partial charge >= 0.3 is 5.97 Å². The number of pyridine rings is 1. The molecule has 25 heavy (non-hydrogen) atoms. The minimum absolute atomic E-state index is 0.0304. The maximum atomic E-state index is 14.3. The number of aryl methyl sites for hydroxylation is 1. The first kappa shape index (κ1) is 18.6. The molecule has 0 bridgehead atoms. The number of carboxylic acid groups (broad SMARTS) is 1. The number of likely N-dealkylation sites (N-methyl/N-ethyl adjacent to an activating group) is 1. The lowest BCUT2D eigenvalue weighted by Crippen LogP contribution is -2.27. The van der Waals surface area contributed by atoms with E-state index in [0.717, 1.165) is 12.4 Å². The molecule has 0 amide bonds. The number of halogens is 1. The van der Waals surface area contributed by atoms with Gasteiger partial charge in [-0.1, -0.05) is 0 Å². The van der Waals surface area contributed by atoms with E-state index >= 15 is 0 Å². The Morgan fingerprint density at radius 2 is 2.16 bits per heavy atom. The predicted octanol–water partition coefficient (Wildman–Crippen LogP) is 1.40. The summed E-state index contributed by atoms with van der Waals surface area (Å²) < 4.78 is 15.9. The molecular weight excluding hydrogens is 329 g/mol. The average molecular weight is 349 g/mol. The minimum atomic E-state index is -1.34. The molecule has 0 aliphatic rings. The van der Waals surface area contributed by atoms with Crippen LogP contribution in [0.5, 0.6) is 0 Å². The minimum Gasteiger partial charge on any atom is -0.477 e. The van der Waals surface area contributed by atoms with Crippen molar-refractivity contribution < 1.29 is 19.1 Å². The molecule has 7 nitrogen and oxygen atoms in total. The molecule has 1 aromatic heterocycles. The number of carbonyl (C=O) groups excluding carboxylic acids is 1. The molecule has 0 saturated carbocycles. The molecule has 8 heteroatoms. The van der Waals surface area contributed by atoms with Gasteiger partial charge in [0.1, 0.15) is 17.7 Å². The number of aromatic carboxylic acids is 1. The molecule has 134 valence electrons. The zero-order chi connectivity index (χ0) is 18.6. The summed E-state index contributed by atoms with van der Waals surface area (Å²) in [5, 5.41) is 12.1. The summed E-state index contributed by atoms with van der Waals surface area (Å²) in [6.07, 6.45) is 2.06. The van der Waals surface area contributed by atoms with Crippen molar-refractivity contribution in [2.75, 3.05) is 32.0 Å². The number of anilines is 1. The van der Waals surface area contributed by atoms with Crippen molar-refractivity contribution in [1.29, 1.82) is 0 Å². The Bertz CT molecular complexity index is 863. The second-order valence-electron chi connectivity index (χ2n) is 5.67. The maximum Gasteiger partial charge on any atom is 0.341 e. The van der Waals surface area contributed by atoms with E-state index in [0.29, 0.717) is 25.2 Å². The summed E-state index contributed by atoms with van der Waals surface area (Å²) in [4.78, 5) is 35.7. The van der Waals surface area contributed by atoms with Gasteiger partial charge in [-0.15, -0.1) is 0 Å². The van der Waals surface area contributed by atoms with E-state index in [1.807, 2.05) is 0 Å². The molecule has 0 fully saturated rings. The third-order valence-electron chi connectivity index (χ3n) is 3.94. The van der Waals surface area contributed by atoms with Gasteiger partial charge in [-0.2, -0.15) is 0 Å². The molecule has 0 aliphatic carbocycles. The largest absolute Gasteiger partial charge is 0.477 e. The fourth-order valence-electron chi connectivity index (χ4n) is 2.56. The third-order valence-corrected chi connectivity index (χ3v) is 3.94. The first-order chi connectivity index (χ1) is 11.9. The third kappa shape index (κ3) is 4.03. The van der Waals surface area contributed by atoms with Crippen LogP contribution in [0, 0.1) is 5.82 Å². The Morgan fingerprint density at radius 3 is 2.76 bits per heavy atom. The van der Waals surface area contributed by atoms with Gasteiger partial charge in [0.2, 0.25) is 5.43 Å². The molecule has 2 aromatic rings. The highest BCUT2D eigenvalue weighted by atomic mass is 19.1. The molecule has 0 radical (unpaired) electrons. The van der Waals surface area contributed by atoms with E-state index in [1.165, 1.54) is 12.3 Å². The quantitative estimate of drug-likeness (QED) is 0.700. The summed E-state index contributed by atoms with van der Waals surface area (Å²) >= 11 is 0. The maximum absolute atomic E-state index is 14.3. The van der Waals surface area contributed by atoms with Crippen LogP contribution >= 0.6 is 0 Å². The van der Waals surface area contributed by atoms with Crippen LogP contribution in [0.1, 0.15) is 17.3 Å². The zero-order valence-electron chi connectivity index (χ0n) is 14.1. The van der Waals surface area contributed by atoms with Crippen LogP contribution in [-0.4, -0.2) is 53.5 Å². The van der Waals surface area contributed by atoms with Gasteiger partial charge in [-0.05, 0) is 26.1 Å². The Balaban J connectivity index is 2.40. The summed E-state index contributed by atoms with van der Waals surface area (Å²) in [6, 6.07) is 2.56. The monoisotopic (exact) mass is 349 g/mol. The lowest BCUT2D eigenvalue weighted by molar-refractivity contribution is -0.108. The lowest BCUT2D eigenvalue weighted by Gasteiger charge is -2.16. The number of rotatable bonds is 8. The highest BCUT2D eigenvalue weighted by molar-refractivity contribution is 5.93. The van der Waals surface area contributed by atoms with Gasteiger partial charge in [0.05, 0.1) is 17.7 Å². The number of aromatic nitrogens is 1. The van der Waals surface area contributed by atoms with Crippen molar-refractivity contribution in [3.63, 3.8) is 0 Å². The Kier molecular flexibility index (Phi) is 5.87. The molecule has 2 N–H and O–H groups in total. The van der Waals surface area contributed by atoms with Crippen molar-refractivity contribution in [1.82, 2.24) is 9.47 Å². The van der Waals surface area contributed by atoms with Gasteiger partial charge < -0.3 is 19.8 Å². The Hall–Kier alpha value is -2.74. The van der Waals surface area contributed by atoms with Crippen molar-refractivity contribution in [3.8, 4) is 0 Å². The van der Waals surface area contributed by atoms with E-state index < -0.39 is 17.2 Å². The molecule has 0 unspecified atom stereocenters. The first-order valence-electron chi connectivity index (χ1n) is 7.85. The number of hydrogen-bond acceptors (Lipinski definition) is 5. The van der Waals surface area contributed by atoms with Gasteiger partial charge in [0.25, 0.3) is 0 Å². The van der Waals surface area contributed by atoms with E-state index in [1.54, 1.807) is 23.4 Å². The molecule has 0 aliphatic heterocycles. The molecule has 0 atom stereocenters. The fourth-order valence-corrected chi connectivity index (χ4v) is 2.56. The normalized spacial score (nSPS) is 11.0. The van der Waals surface area contributed by atoms with Crippen LogP contribution in [0.2, 0.25) is 0 Å². The van der Waals surface area contributed by atoms with Crippen molar-refractivity contribution in [3.05, 3.63) is 39.9 Å². The standard InChI is InChI=1S/C17H20FN3O4/c1-3-21-10-12(17(24)25)16(23)11-8-13(18)14(9-15(11)21)19-4-5-20(2)6-7-22/h7-10,19H,3-6H2,1-2H3,(H,24,25). The smallest absolute Gasteiger partial charge is 0.341 e. The van der Waals surface area contributed by atoms with Crippen molar-refractivity contribution in [2.45, 2.75) is 13.5 Å².